The van der Waals surface area contributed by atoms with Gasteiger partial charge >= 0.3 is 6.09 Å². The molecule has 2 amide bonds. The molecule has 0 saturated heterocycles. The molecule has 0 bridgehead atoms. The van der Waals surface area contributed by atoms with E-state index >= 15 is 0 Å². The summed E-state index contributed by atoms with van der Waals surface area (Å²) >= 11 is 1.14. The Hall–Kier alpha value is -0.910. The Morgan fingerprint density at radius 2 is 1.67 bits per heavy atom. The molecule has 0 aromatic heterocycles. The molecule has 18 heavy (non-hydrogen) atoms. The van der Waals surface area contributed by atoms with E-state index in [0.717, 1.165) is 37.4 Å². The molecule has 6 heteroatoms. The van der Waals surface area contributed by atoms with E-state index in [1.165, 1.54) is 0 Å². The van der Waals surface area contributed by atoms with Crippen molar-refractivity contribution in [3.63, 3.8) is 0 Å². The van der Waals surface area contributed by atoms with E-state index in [1.54, 1.807) is 0 Å². The molecule has 0 aliphatic carbocycles. The van der Waals surface area contributed by atoms with Crippen molar-refractivity contribution in [1.29, 1.82) is 0 Å². The second-order valence-electron chi connectivity index (χ2n) is 3.83. The summed E-state index contributed by atoms with van der Waals surface area (Å²) in [4.78, 5) is 22.4. The first-order valence-corrected chi connectivity index (χ1v) is 7.50. The Morgan fingerprint density at radius 3 is 2.28 bits per heavy atom. The minimum absolute atomic E-state index is 0.0570. The maximum Gasteiger partial charge on any atom is 0.407 e. The fourth-order valence-electron chi connectivity index (χ4n) is 1.11. The molecular formula is C12H24N2O3S. The minimum atomic E-state index is -0.407. The van der Waals surface area contributed by atoms with Crippen LogP contribution in [0.15, 0.2) is 0 Å². The molecule has 0 aromatic carbocycles. The molecule has 0 spiro atoms. The summed E-state index contributed by atoms with van der Waals surface area (Å²) < 4.78 is 4.91. The Kier molecular flexibility index (Phi) is 11.9. The number of nitrogens with one attached hydrogen (secondary N) is 2. The lowest BCUT2D eigenvalue weighted by molar-refractivity contribution is 0.153. The number of thioether (sulfide) groups is 1. The number of rotatable bonds is 9. The van der Waals surface area contributed by atoms with Crippen LogP contribution in [-0.2, 0) is 4.74 Å². The van der Waals surface area contributed by atoms with Crippen molar-refractivity contribution in [3.8, 4) is 0 Å². The van der Waals surface area contributed by atoms with E-state index in [1.807, 2.05) is 0 Å². The zero-order valence-corrected chi connectivity index (χ0v) is 12.1. The number of hydrogen-bond donors (Lipinski definition) is 2. The maximum atomic E-state index is 11.3. The highest BCUT2D eigenvalue weighted by molar-refractivity contribution is 8.13. The predicted molar refractivity (Wildman–Crippen MR) is 75.0 cm³/mol. The number of amides is 2. The van der Waals surface area contributed by atoms with Gasteiger partial charge in [-0.25, -0.2) is 4.79 Å². The molecule has 0 aromatic rings. The van der Waals surface area contributed by atoms with Gasteiger partial charge in [0.05, 0.1) is 0 Å². The third-order valence-electron chi connectivity index (χ3n) is 2.15. The third-order valence-corrected chi connectivity index (χ3v) is 2.93. The number of alkyl carbamates (subject to hydrolysis) is 1. The molecule has 0 aliphatic rings. The fourth-order valence-corrected chi connectivity index (χ4v) is 1.66. The summed E-state index contributed by atoms with van der Waals surface area (Å²) in [6.07, 6.45) is 3.63. The first-order valence-electron chi connectivity index (χ1n) is 6.52. The van der Waals surface area contributed by atoms with Gasteiger partial charge in [0.2, 0.25) is 0 Å². The van der Waals surface area contributed by atoms with Crippen LogP contribution in [0.2, 0.25) is 0 Å². The van der Waals surface area contributed by atoms with E-state index in [9.17, 15) is 9.59 Å². The monoisotopic (exact) mass is 276 g/mol. The summed E-state index contributed by atoms with van der Waals surface area (Å²) in [5, 5.41) is 5.37. The molecule has 0 unspecified atom stereocenters. The fraction of sp³-hybridized carbons (Fsp3) is 0.833. The van der Waals surface area contributed by atoms with Gasteiger partial charge in [-0.05, 0) is 12.8 Å². The smallest absolute Gasteiger partial charge is 0.407 e. The van der Waals surface area contributed by atoms with Crippen LogP contribution in [0, 0.1) is 0 Å². The van der Waals surface area contributed by atoms with Gasteiger partial charge in [0.25, 0.3) is 5.24 Å². The molecule has 0 rings (SSSR count). The van der Waals surface area contributed by atoms with Crippen molar-refractivity contribution >= 4 is 23.1 Å². The predicted octanol–water partition coefficient (Wildman–Crippen LogP) is 2.76. The first-order chi connectivity index (χ1) is 8.70. The number of hydrogen-bond acceptors (Lipinski definition) is 4. The molecule has 0 fully saturated rings. The van der Waals surface area contributed by atoms with Crippen LogP contribution < -0.4 is 10.6 Å². The number of carbonyl (C=O) groups is 2. The van der Waals surface area contributed by atoms with Gasteiger partial charge in [-0.3, -0.25) is 4.79 Å². The van der Waals surface area contributed by atoms with Crippen molar-refractivity contribution in [2.45, 2.75) is 39.5 Å². The van der Waals surface area contributed by atoms with E-state index in [-0.39, 0.29) is 11.8 Å². The summed E-state index contributed by atoms with van der Waals surface area (Å²) in [5.74, 6) is 0.485. The normalized spacial score (nSPS) is 9.89. The summed E-state index contributed by atoms with van der Waals surface area (Å²) in [6.45, 7) is 5.73. The van der Waals surface area contributed by atoms with Gasteiger partial charge < -0.3 is 15.4 Å². The van der Waals surface area contributed by atoms with Gasteiger partial charge in [-0.15, -0.1) is 0 Å². The highest BCUT2D eigenvalue weighted by Crippen LogP contribution is 2.01. The van der Waals surface area contributed by atoms with E-state index in [2.05, 4.69) is 24.5 Å². The topological polar surface area (TPSA) is 67.4 Å². The van der Waals surface area contributed by atoms with Crippen LogP contribution in [0.4, 0.5) is 9.59 Å². The van der Waals surface area contributed by atoms with Crippen LogP contribution in [0.5, 0.6) is 0 Å². The molecule has 0 radical (unpaired) electrons. The molecule has 2 N–H and O–H groups in total. The lowest BCUT2D eigenvalue weighted by atomic mass is 10.3. The number of ether oxygens (including phenoxy) is 1. The lowest BCUT2D eigenvalue weighted by Gasteiger charge is -2.06. The quantitative estimate of drug-likeness (QED) is 0.635. The van der Waals surface area contributed by atoms with E-state index in [4.69, 9.17) is 4.74 Å². The molecular weight excluding hydrogens is 252 g/mol. The highest BCUT2D eigenvalue weighted by atomic mass is 32.2. The Bertz CT molecular complexity index is 213. The standard InChI is InChI=1S/C12H24N2O3S/c1-3-5-7-13-11(15)17-9-10-18-12(16)14-8-6-4-2/h3-10H2,1-2H3,(H,13,15)(H,14,16). The minimum Gasteiger partial charge on any atom is -0.449 e. The van der Waals surface area contributed by atoms with Crippen LogP contribution >= 0.6 is 11.8 Å². The highest BCUT2D eigenvalue weighted by Gasteiger charge is 2.03. The van der Waals surface area contributed by atoms with Crippen LogP contribution in [0.3, 0.4) is 0 Å². The Labute approximate surface area is 113 Å². The van der Waals surface area contributed by atoms with Crippen molar-refractivity contribution in [2.24, 2.45) is 0 Å². The Morgan fingerprint density at radius 1 is 1.06 bits per heavy atom. The SMILES string of the molecule is CCCCNC(=O)OCCSC(=O)NCCCC. The maximum absolute atomic E-state index is 11.3. The van der Waals surface area contributed by atoms with Gasteiger partial charge in [0.1, 0.15) is 6.61 Å². The average Bonchev–Trinajstić information content (AvgIpc) is 2.35. The van der Waals surface area contributed by atoms with Crippen molar-refractivity contribution in [3.05, 3.63) is 0 Å². The molecule has 5 nitrogen and oxygen atoms in total. The molecule has 106 valence electrons. The van der Waals surface area contributed by atoms with Crippen LogP contribution in [0.1, 0.15) is 39.5 Å². The van der Waals surface area contributed by atoms with Gasteiger partial charge in [0.15, 0.2) is 0 Å². The number of unbranched alkanes of at least 4 members (excludes halogenated alkanes) is 2. The lowest BCUT2D eigenvalue weighted by Crippen LogP contribution is -2.26. The second kappa shape index (κ2) is 12.5. The van der Waals surface area contributed by atoms with Crippen molar-refractivity contribution in [2.75, 3.05) is 25.4 Å². The van der Waals surface area contributed by atoms with Gasteiger partial charge in [-0.2, -0.15) is 0 Å². The van der Waals surface area contributed by atoms with Crippen molar-refractivity contribution < 1.29 is 14.3 Å². The number of carbonyl (C=O) groups excluding carboxylic acids is 2. The molecule has 0 atom stereocenters. The zero-order valence-electron chi connectivity index (χ0n) is 11.3. The second-order valence-corrected chi connectivity index (χ2v) is 4.90. The third kappa shape index (κ3) is 11.6. The molecule has 0 heterocycles. The van der Waals surface area contributed by atoms with E-state index in [0.29, 0.717) is 18.8 Å². The first kappa shape index (κ1) is 17.1. The zero-order chi connectivity index (χ0) is 13.6. The Balaban J connectivity index is 3.32. The van der Waals surface area contributed by atoms with Gasteiger partial charge in [0, 0.05) is 18.8 Å². The summed E-state index contributed by atoms with van der Waals surface area (Å²) in [6, 6.07) is 0. The average molecular weight is 276 g/mol. The largest absolute Gasteiger partial charge is 0.449 e. The molecule has 0 saturated carbocycles. The molecule has 0 aliphatic heterocycles. The summed E-state index contributed by atoms with van der Waals surface area (Å²) in [7, 11) is 0. The van der Waals surface area contributed by atoms with Crippen LogP contribution in [0.25, 0.3) is 0 Å². The van der Waals surface area contributed by atoms with Crippen LogP contribution in [-0.4, -0.2) is 36.8 Å². The summed E-state index contributed by atoms with van der Waals surface area (Å²) in [5.41, 5.74) is 0. The van der Waals surface area contributed by atoms with E-state index < -0.39 is 6.09 Å². The van der Waals surface area contributed by atoms with Crippen molar-refractivity contribution in [1.82, 2.24) is 10.6 Å². The van der Waals surface area contributed by atoms with Gasteiger partial charge in [-0.1, -0.05) is 38.5 Å².